The number of hydrogen-bond acceptors (Lipinski definition) is 3. The molecule has 2 N–H and O–H groups in total. The molecule has 0 aliphatic rings. The highest BCUT2D eigenvalue weighted by Crippen LogP contribution is 2.24. The summed E-state index contributed by atoms with van der Waals surface area (Å²) < 4.78 is 5.48. The molecule has 0 aliphatic heterocycles. The minimum Gasteiger partial charge on any atom is -0.484 e. The van der Waals surface area contributed by atoms with Crippen molar-refractivity contribution in [3.8, 4) is 5.75 Å². The van der Waals surface area contributed by atoms with Crippen molar-refractivity contribution >= 4 is 52.1 Å². The lowest BCUT2D eigenvalue weighted by atomic mass is 9.87. The van der Waals surface area contributed by atoms with Crippen molar-refractivity contribution in [2.45, 2.75) is 26.2 Å². The molecule has 0 spiro atoms. The lowest BCUT2D eigenvalue weighted by Crippen LogP contribution is -2.37. The number of hydrogen-bond donors (Lipinski definition) is 2. The van der Waals surface area contributed by atoms with E-state index in [-0.39, 0.29) is 23.0 Å². The normalized spacial score (nSPS) is 11.0. The van der Waals surface area contributed by atoms with Gasteiger partial charge >= 0.3 is 0 Å². The van der Waals surface area contributed by atoms with E-state index in [4.69, 9.17) is 40.2 Å². The Balaban J connectivity index is 1.83. The first-order chi connectivity index (χ1) is 12.1. The Kier molecular flexibility index (Phi) is 6.87. The molecule has 26 heavy (non-hydrogen) atoms. The monoisotopic (exact) mass is 410 g/mol. The van der Waals surface area contributed by atoms with Crippen molar-refractivity contribution in [1.29, 1.82) is 0 Å². The average Bonchev–Trinajstić information content (AvgIpc) is 2.51. The molecule has 2 rings (SSSR count). The highest BCUT2D eigenvalue weighted by molar-refractivity contribution is 7.80. The fourth-order valence-corrected chi connectivity index (χ4v) is 2.91. The quantitative estimate of drug-likeness (QED) is 0.681. The smallest absolute Gasteiger partial charge is 0.264 e. The van der Waals surface area contributed by atoms with Crippen molar-refractivity contribution in [3.63, 3.8) is 0 Å². The fourth-order valence-electron chi connectivity index (χ4n) is 2.15. The highest BCUT2D eigenvalue weighted by Gasteiger charge is 2.13. The van der Waals surface area contributed by atoms with Crippen LogP contribution in [0.4, 0.5) is 5.69 Å². The van der Waals surface area contributed by atoms with Crippen LogP contribution < -0.4 is 15.4 Å². The van der Waals surface area contributed by atoms with Gasteiger partial charge in [0.05, 0.1) is 0 Å². The van der Waals surface area contributed by atoms with E-state index >= 15 is 0 Å². The molecule has 2 aromatic rings. The Morgan fingerprint density at radius 3 is 2.19 bits per heavy atom. The third-order valence-corrected chi connectivity index (χ3v) is 4.10. The molecule has 0 saturated carbocycles. The van der Waals surface area contributed by atoms with Gasteiger partial charge in [-0.2, -0.15) is 0 Å². The van der Waals surface area contributed by atoms with Gasteiger partial charge in [-0.25, -0.2) is 0 Å². The van der Waals surface area contributed by atoms with Crippen LogP contribution in [-0.4, -0.2) is 17.6 Å². The van der Waals surface area contributed by atoms with Crippen molar-refractivity contribution in [1.82, 2.24) is 5.32 Å². The van der Waals surface area contributed by atoms with E-state index in [1.807, 2.05) is 24.3 Å². The predicted molar refractivity (Wildman–Crippen MR) is 111 cm³/mol. The second-order valence-corrected chi connectivity index (χ2v) is 8.00. The fraction of sp³-hybridized carbons (Fsp3) is 0.263. The maximum Gasteiger partial charge on any atom is 0.264 e. The van der Waals surface area contributed by atoms with Crippen LogP contribution in [-0.2, 0) is 10.2 Å². The summed E-state index contributed by atoms with van der Waals surface area (Å²) in [5, 5.41) is 6.47. The molecule has 0 aliphatic carbocycles. The van der Waals surface area contributed by atoms with Crippen molar-refractivity contribution < 1.29 is 9.53 Å². The molecule has 2 aromatic carbocycles. The summed E-state index contributed by atoms with van der Waals surface area (Å²) in [6.07, 6.45) is 0. The zero-order valence-electron chi connectivity index (χ0n) is 14.7. The van der Waals surface area contributed by atoms with E-state index in [0.717, 1.165) is 0 Å². The zero-order chi connectivity index (χ0) is 19.3. The maximum absolute atomic E-state index is 12.0. The van der Waals surface area contributed by atoms with Crippen molar-refractivity contribution in [3.05, 3.63) is 58.1 Å². The van der Waals surface area contributed by atoms with Crippen LogP contribution in [0.25, 0.3) is 0 Å². The Morgan fingerprint density at radius 2 is 1.65 bits per heavy atom. The standard InChI is InChI=1S/C19H20Cl2N2O2S/c1-19(2,3)12-4-6-16(7-5-12)25-11-17(24)23-18(26)22-15-9-13(20)8-14(21)10-15/h4-10H,11H2,1-3H3,(H2,22,23,24,26). The van der Waals surface area contributed by atoms with Crippen LogP contribution in [0.2, 0.25) is 10.0 Å². The number of rotatable bonds is 4. The van der Waals surface area contributed by atoms with Crippen LogP contribution in [0.15, 0.2) is 42.5 Å². The van der Waals surface area contributed by atoms with E-state index in [1.165, 1.54) is 5.56 Å². The molecule has 0 saturated heterocycles. The summed E-state index contributed by atoms with van der Waals surface area (Å²) in [7, 11) is 0. The Labute approximate surface area is 168 Å². The predicted octanol–water partition coefficient (Wildman–Crippen LogP) is 5.18. The molecule has 7 heteroatoms. The number of amides is 1. The van der Waals surface area contributed by atoms with Crippen LogP contribution in [0.1, 0.15) is 26.3 Å². The molecule has 0 heterocycles. The first kappa shape index (κ1) is 20.5. The number of thiocarbonyl (C=S) groups is 1. The number of anilines is 1. The maximum atomic E-state index is 12.0. The number of benzene rings is 2. The summed E-state index contributed by atoms with van der Waals surface area (Å²) >= 11 is 16.9. The third-order valence-electron chi connectivity index (χ3n) is 3.46. The molecule has 0 aromatic heterocycles. The van der Waals surface area contributed by atoms with Crippen molar-refractivity contribution in [2.24, 2.45) is 0 Å². The van der Waals surface area contributed by atoms with E-state index in [1.54, 1.807) is 18.2 Å². The summed E-state index contributed by atoms with van der Waals surface area (Å²) in [6, 6.07) is 12.6. The molecule has 0 unspecified atom stereocenters. The van der Waals surface area contributed by atoms with Gasteiger partial charge in [-0.15, -0.1) is 0 Å². The SMILES string of the molecule is CC(C)(C)c1ccc(OCC(=O)NC(=S)Nc2cc(Cl)cc(Cl)c2)cc1. The van der Waals surface area contributed by atoms with Gasteiger partial charge < -0.3 is 10.1 Å². The van der Waals surface area contributed by atoms with Crippen molar-refractivity contribution in [2.75, 3.05) is 11.9 Å². The van der Waals surface area contributed by atoms with Gasteiger partial charge in [0.25, 0.3) is 5.91 Å². The lowest BCUT2D eigenvalue weighted by Gasteiger charge is -2.19. The molecule has 0 radical (unpaired) electrons. The number of carbonyl (C=O) groups excluding carboxylic acids is 1. The van der Waals surface area contributed by atoms with Crippen LogP contribution >= 0.6 is 35.4 Å². The van der Waals surface area contributed by atoms with Crippen LogP contribution in [0, 0.1) is 0 Å². The summed E-state index contributed by atoms with van der Waals surface area (Å²) in [5.41, 5.74) is 1.85. The number of ether oxygens (including phenoxy) is 1. The second-order valence-electron chi connectivity index (χ2n) is 6.72. The molecular weight excluding hydrogens is 391 g/mol. The highest BCUT2D eigenvalue weighted by atomic mass is 35.5. The minimum absolute atomic E-state index is 0.0665. The van der Waals surface area contributed by atoms with E-state index in [2.05, 4.69) is 31.4 Å². The Morgan fingerprint density at radius 1 is 1.08 bits per heavy atom. The van der Waals surface area contributed by atoms with Gasteiger partial charge in [-0.1, -0.05) is 56.1 Å². The number of carbonyl (C=O) groups is 1. The molecule has 1 amide bonds. The summed E-state index contributed by atoms with van der Waals surface area (Å²) in [6.45, 7) is 6.26. The van der Waals surface area contributed by atoms with Gasteiger partial charge in [0.2, 0.25) is 0 Å². The van der Waals surface area contributed by atoms with Gasteiger partial charge in [-0.3, -0.25) is 10.1 Å². The van der Waals surface area contributed by atoms with Crippen LogP contribution in [0.5, 0.6) is 5.75 Å². The first-order valence-electron chi connectivity index (χ1n) is 7.94. The van der Waals surface area contributed by atoms with Gasteiger partial charge in [-0.05, 0) is 53.5 Å². The molecule has 0 bridgehead atoms. The summed E-state index contributed by atoms with van der Waals surface area (Å²) in [4.78, 5) is 12.0. The molecule has 0 atom stereocenters. The van der Waals surface area contributed by atoms with Gasteiger partial charge in [0, 0.05) is 15.7 Å². The minimum atomic E-state index is -0.365. The van der Waals surface area contributed by atoms with E-state index in [0.29, 0.717) is 21.5 Å². The average molecular weight is 411 g/mol. The Hall–Kier alpha value is -1.82. The first-order valence-corrected chi connectivity index (χ1v) is 9.10. The van der Waals surface area contributed by atoms with Crippen LogP contribution in [0.3, 0.4) is 0 Å². The van der Waals surface area contributed by atoms with Gasteiger partial charge in [0.1, 0.15) is 5.75 Å². The number of halogens is 2. The Bertz CT molecular complexity index is 782. The summed E-state index contributed by atoms with van der Waals surface area (Å²) in [5.74, 6) is 0.254. The van der Waals surface area contributed by atoms with Gasteiger partial charge in [0.15, 0.2) is 11.7 Å². The molecule has 0 fully saturated rings. The number of nitrogens with one attached hydrogen (secondary N) is 2. The molecule has 138 valence electrons. The second kappa shape index (κ2) is 8.71. The van der Waals surface area contributed by atoms with E-state index in [9.17, 15) is 4.79 Å². The third kappa shape index (κ3) is 6.48. The lowest BCUT2D eigenvalue weighted by molar-refractivity contribution is -0.121. The molecular formula is C19H20Cl2N2O2S. The molecule has 4 nitrogen and oxygen atoms in total. The topological polar surface area (TPSA) is 50.4 Å². The van der Waals surface area contributed by atoms with E-state index < -0.39 is 0 Å². The zero-order valence-corrected chi connectivity index (χ0v) is 17.1. The largest absolute Gasteiger partial charge is 0.484 e.